The molecule has 0 bridgehead atoms. The van der Waals surface area contributed by atoms with Gasteiger partial charge in [0.2, 0.25) is 0 Å². The number of ether oxygens (including phenoxy) is 2. The first-order valence-electron chi connectivity index (χ1n) is 8.48. The molecule has 0 heterocycles. The van der Waals surface area contributed by atoms with Crippen molar-refractivity contribution in [1.82, 2.24) is 5.32 Å². The van der Waals surface area contributed by atoms with E-state index in [0.29, 0.717) is 11.5 Å². The quantitative estimate of drug-likeness (QED) is 0.693. The maximum atomic E-state index is 11.9. The lowest BCUT2D eigenvalue weighted by atomic mass is 10.0. The topological polar surface area (TPSA) is 81.7 Å². The number of rotatable bonds is 9. The fourth-order valence-electron chi connectivity index (χ4n) is 2.30. The average Bonchev–Trinajstić information content (AvgIpc) is 2.58. The Morgan fingerprint density at radius 1 is 0.960 bits per heavy atom. The maximum Gasteiger partial charge on any atom is 0.338 e. The number of amides is 1. The van der Waals surface area contributed by atoms with Crippen molar-refractivity contribution in [2.24, 2.45) is 5.92 Å². The van der Waals surface area contributed by atoms with Crippen LogP contribution in [-0.2, 0) is 14.3 Å². The van der Waals surface area contributed by atoms with E-state index in [4.69, 9.17) is 4.74 Å². The molecule has 6 nitrogen and oxygen atoms in total. The van der Waals surface area contributed by atoms with Gasteiger partial charge in [0, 0.05) is 6.04 Å². The minimum Gasteiger partial charge on any atom is -0.465 e. The Morgan fingerprint density at radius 3 is 2.04 bits per heavy atom. The summed E-state index contributed by atoms with van der Waals surface area (Å²) in [6.07, 6.45) is 3.06. The lowest BCUT2D eigenvalue weighted by molar-refractivity contribution is -0.124. The van der Waals surface area contributed by atoms with E-state index in [2.05, 4.69) is 23.9 Å². The van der Waals surface area contributed by atoms with Gasteiger partial charge in [-0.25, -0.2) is 9.59 Å². The molecule has 0 saturated carbocycles. The van der Waals surface area contributed by atoms with E-state index in [1.54, 1.807) is 0 Å². The highest BCUT2D eigenvalue weighted by atomic mass is 16.5. The predicted octanol–water partition coefficient (Wildman–Crippen LogP) is 2.96. The van der Waals surface area contributed by atoms with Crippen LogP contribution in [0.2, 0.25) is 0 Å². The molecule has 1 rings (SSSR count). The first-order valence-corrected chi connectivity index (χ1v) is 8.48. The highest BCUT2D eigenvalue weighted by molar-refractivity contribution is 5.94. The van der Waals surface area contributed by atoms with Crippen molar-refractivity contribution in [2.75, 3.05) is 13.7 Å². The first kappa shape index (κ1) is 20.7. The molecule has 138 valence electrons. The van der Waals surface area contributed by atoms with Crippen LogP contribution in [0.1, 0.15) is 60.7 Å². The van der Waals surface area contributed by atoms with Gasteiger partial charge in [0.15, 0.2) is 6.61 Å². The lowest BCUT2D eigenvalue weighted by Crippen LogP contribution is -2.35. The molecule has 0 radical (unpaired) electrons. The molecule has 1 unspecified atom stereocenters. The van der Waals surface area contributed by atoms with Crippen molar-refractivity contribution in [1.29, 1.82) is 0 Å². The summed E-state index contributed by atoms with van der Waals surface area (Å²) in [7, 11) is 1.28. The number of nitrogens with one attached hydrogen (secondary N) is 1. The second-order valence-corrected chi connectivity index (χ2v) is 6.44. The third kappa shape index (κ3) is 7.83. The van der Waals surface area contributed by atoms with E-state index in [1.165, 1.54) is 31.4 Å². The van der Waals surface area contributed by atoms with Crippen LogP contribution in [0.3, 0.4) is 0 Å². The van der Waals surface area contributed by atoms with Gasteiger partial charge in [0.1, 0.15) is 0 Å². The highest BCUT2D eigenvalue weighted by Gasteiger charge is 2.13. The van der Waals surface area contributed by atoms with E-state index in [0.717, 1.165) is 19.3 Å². The van der Waals surface area contributed by atoms with Crippen molar-refractivity contribution in [3.63, 3.8) is 0 Å². The van der Waals surface area contributed by atoms with Gasteiger partial charge in [-0.2, -0.15) is 0 Å². The maximum absolute atomic E-state index is 11.9. The Kier molecular flexibility index (Phi) is 8.67. The smallest absolute Gasteiger partial charge is 0.338 e. The summed E-state index contributed by atoms with van der Waals surface area (Å²) in [5.41, 5.74) is 0.609. The average molecular weight is 349 g/mol. The van der Waals surface area contributed by atoms with Crippen LogP contribution in [0.5, 0.6) is 0 Å². The minimum absolute atomic E-state index is 0.0456. The normalized spacial score (nSPS) is 11.7. The predicted molar refractivity (Wildman–Crippen MR) is 94.4 cm³/mol. The van der Waals surface area contributed by atoms with Gasteiger partial charge in [0.25, 0.3) is 5.91 Å². The summed E-state index contributed by atoms with van der Waals surface area (Å²) in [6.45, 7) is 5.94. The Balaban J connectivity index is 2.37. The van der Waals surface area contributed by atoms with Crippen molar-refractivity contribution in [2.45, 2.75) is 46.1 Å². The Bertz CT molecular complexity index is 580. The van der Waals surface area contributed by atoms with Gasteiger partial charge >= 0.3 is 11.9 Å². The van der Waals surface area contributed by atoms with Gasteiger partial charge < -0.3 is 14.8 Å². The first-order chi connectivity index (χ1) is 11.8. The monoisotopic (exact) mass is 349 g/mol. The number of carbonyl (C=O) groups is 3. The van der Waals surface area contributed by atoms with Crippen LogP contribution < -0.4 is 5.32 Å². The number of esters is 2. The SMILES string of the molecule is COC(=O)c1ccc(C(=O)OCC(=O)NC(C)CCCC(C)C)cc1. The summed E-state index contributed by atoms with van der Waals surface area (Å²) in [5, 5.41) is 2.81. The second-order valence-electron chi connectivity index (χ2n) is 6.44. The summed E-state index contributed by atoms with van der Waals surface area (Å²) in [5.74, 6) is -0.768. The van der Waals surface area contributed by atoms with Gasteiger partial charge in [0.05, 0.1) is 18.2 Å². The summed E-state index contributed by atoms with van der Waals surface area (Å²) < 4.78 is 9.58. The zero-order valence-electron chi connectivity index (χ0n) is 15.3. The van der Waals surface area contributed by atoms with Crippen molar-refractivity contribution >= 4 is 17.8 Å². The van der Waals surface area contributed by atoms with E-state index >= 15 is 0 Å². The highest BCUT2D eigenvalue weighted by Crippen LogP contribution is 2.09. The zero-order valence-corrected chi connectivity index (χ0v) is 15.3. The van der Waals surface area contributed by atoms with E-state index in [9.17, 15) is 14.4 Å². The number of carbonyl (C=O) groups excluding carboxylic acids is 3. The van der Waals surface area contributed by atoms with Crippen LogP contribution in [0, 0.1) is 5.92 Å². The molecule has 0 spiro atoms. The lowest BCUT2D eigenvalue weighted by Gasteiger charge is -2.14. The Hall–Kier alpha value is -2.37. The van der Waals surface area contributed by atoms with Crippen LogP contribution in [0.15, 0.2) is 24.3 Å². The number of methoxy groups -OCH3 is 1. The molecule has 1 amide bonds. The fourth-order valence-corrected chi connectivity index (χ4v) is 2.30. The Morgan fingerprint density at radius 2 is 1.52 bits per heavy atom. The molecule has 0 saturated heterocycles. The number of hydrogen-bond donors (Lipinski definition) is 1. The molecule has 1 aromatic carbocycles. The van der Waals surface area contributed by atoms with Gasteiger partial charge in [-0.05, 0) is 43.5 Å². The summed E-state index contributed by atoms with van der Waals surface area (Å²) in [4.78, 5) is 35.1. The van der Waals surface area contributed by atoms with Crippen LogP contribution in [0.4, 0.5) is 0 Å². The molecular weight excluding hydrogens is 322 g/mol. The molecule has 0 fully saturated rings. The largest absolute Gasteiger partial charge is 0.465 e. The van der Waals surface area contributed by atoms with E-state index in [-0.39, 0.29) is 24.1 Å². The molecule has 25 heavy (non-hydrogen) atoms. The van der Waals surface area contributed by atoms with Gasteiger partial charge in [-0.3, -0.25) is 4.79 Å². The second kappa shape index (κ2) is 10.5. The molecule has 1 atom stereocenters. The number of benzene rings is 1. The molecule has 0 aliphatic heterocycles. The minimum atomic E-state index is -0.612. The van der Waals surface area contributed by atoms with Crippen LogP contribution >= 0.6 is 0 Å². The molecule has 0 aliphatic rings. The third-order valence-corrected chi connectivity index (χ3v) is 3.70. The Labute approximate surface area is 148 Å². The molecule has 1 N–H and O–H groups in total. The number of hydrogen-bond acceptors (Lipinski definition) is 5. The van der Waals surface area contributed by atoms with E-state index in [1.807, 2.05) is 6.92 Å². The molecule has 0 aromatic heterocycles. The van der Waals surface area contributed by atoms with Gasteiger partial charge in [-0.15, -0.1) is 0 Å². The summed E-state index contributed by atoms with van der Waals surface area (Å²) >= 11 is 0. The molecular formula is C19H27NO5. The van der Waals surface area contributed by atoms with Gasteiger partial charge in [-0.1, -0.05) is 26.7 Å². The zero-order chi connectivity index (χ0) is 18.8. The van der Waals surface area contributed by atoms with Crippen LogP contribution in [-0.4, -0.2) is 37.6 Å². The standard InChI is InChI=1S/C19H27NO5/c1-13(2)6-5-7-14(3)20-17(21)12-25-19(23)16-10-8-15(9-11-16)18(22)24-4/h8-11,13-14H,5-7,12H2,1-4H3,(H,20,21). The van der Waals surface area contributed by atoms with Crippen LogP contribution in [0.25, 0.3) is 0 Å². The van der Waals surface area contributed by atoms with Crippen molar-refractivity contribution in [3.05, 3.63) is 35.4 Å². The molecule has 1 aromatic rings. The summed E-state index contributed by atoms with van der Waals surface area (Å²) in [6, 6.07) is 5.91. The van der Waals surface area contributed by atoms with Crippen molar-refractivity contribution < 1.29 is 23.9 Å². The molecule has 0 aliphatic carbocycles. The third-order valence-electron chi connectivity index (χ3n) is 3.70. The van der Waals surface area contributed by atoms with Crippen molar-refractivity contribution in [3.8, 4) is 0 Å². The fraction of sp³-hybridized carbons (Fsp3) is 0.526. The molecule has 6 heteroatoms. The van der Waals surface area contributed by atoms with E-state index < -0.39 is 11.9 Å².